The van der Waals surface area contributed by atoms with Crippen molar-refractivity contribution in [2.24, 2.45) is 7.05 Å². The standard InChI is InChI=1S/C13H13BrN4O8S/c1-17-12(25-3)15-18(13(17)21)11(20)16-26-27(22,23)9-6-7(14)4-5-8(9)10(19)24-2/h4-6H,1-3H3,(H,16,20). The Labute approximate surface area is 160 Å². The minimum Gasteiger partial charge on any atom is -0.467 e. The summed E-state index contributed by atoms with van der Waals surface area (Å²) in [7, 11) is -1.04. The number of rotatable bonds is 5. The molecule has 0 saturated heterocycles. The van der Waals surface area contributed by atoms with Gasteiger partial charge in [0.2, 0.25) is 0 Å². The van der Waals surface area contributed by atoms with Gasteiger partial charge in [0.25, 0.3) is 0 Å². The Bertz CT molecular complexity index is 1060. The maximum atomic E-state index is 12.4. The summed E-state index contributed by atoms with van der Waals surface area (Å²) in [6, 6.07) is 2.23. The van der Waals surface area contributed by atoms with Crippen LogP contribution in [0.2, 0.25) is 0 Å². The van der Waals surface area contributed by atoms with E-state index in [1.807, 2.05) is 0 Å². The number of carbonyl (C=O) groups excluding carboxylic acids is 2. The molecule has 0 atom stereocenters. The van der Waals surface area contributed by atoms with Gasteiger partial charge in [-0.1, -0.05) is 15.9 Å². The predicted molar refractivity (Wildman–Crippen MR) is 91.7 cm³/mol. The van der Waals surface area contributed by atoms with Crippen LogP contribution in [0.15, 0.2) is 32.4 Å². The van der Waals surface area contributed by atoms with Gasteiger partial charge >= 0.3 is 33.8 Å². The first-order valence-corrected chi connectivity index (χ1v) is 9.14. The largest absolute Gasteiger partial charge is 0.467 e. The molecule has 14 heteroatoms. The van der Waals surface area contributed by atoms with Gasteiger partial charge in [-0.25, -0.2) is 19.0 Å². The summed E-state index contributed by atoms with van der Waals surface area (Å²) in [5.41, 5.74) is 0.371. The lowest BCUT2D eigenvalue weighted by molar-refractivity contribution is 0.0595. The number of amides is 1. The molecule has 0 aliphatic carbocycles. The highest BCUT2D eigenvalue weighted by Crippen LogP contribution is 2.23. The molecule has 27 heavy (non-hydrogen) atoms. The van der Waals surface area contributed by atoms with E-state index in [9.17, 15) is 22.8 Å². The van der Waals surface area contributed by atoms with Gasteiger partial charge in [0.05, 0.1) is 19.8 Å². The molecule has 0 saturated carbocycles. The third kappa shape index (κ3) is 4.17. The summed E-state index contributed by atoms with van der Waals surface area (Å²) in [5.74, 6) is -0.929. The number of hydrogen-bond donors (Lipinski definition) is 1. The zero-order valence-electron chi connectivity index (χ0n) is 14.1. The monoisotopic (exact) mass is 464 g/mol. The highest BCUT2D eigenvalue weighted by atomic mass is 79.9. The number of halogens is 1. The fourth-order valence-corrected chi connectivity index (χ4v) is 3.36. The van der Waals surface area contributed by atoms with Crippen LogP contribution in [0.4, 0.5) is 4.79 Å². The molecule has 2 aromatic rings. The highest BCUT2D eigenvalue weighted by molar-refractivity contribution is 9.10. The van der Waals surface area contributed by atoms with E-state index < -0.39 is 32.7 Å². The number of hydroxylamine groups is 1. The fraction of sp³-hybridized carbons (Fsp3) is 0.231. The van der Waals surface area contributed by atoms with Crippen molar-refractivity contribution in [2.45, 2.75) is 4.90 Å². The van der Waals surface area contributed by atoms with E-state index in [0.717, 1.165) is 17.7 Å². The van der Waals surface area contributed by atoms with Gasteiger partial charge in [-0.3, -0.25) is 0 Å². The van der Waals surface area contributed by atoms with Gasteiger partial charge in [0.1, 0.15) is 4.90 Å². The van der Waals surface area contributed by atoms with E-state index in [1.165, 1.54) is 26.3 Å². The number of carbonyl (C=O) groups is 2. The maximum absolute atomic E-state index is 12.4. The fourth-order valence-electron chi connectivity index (χ4n) is 1.89. The molecular formula is C13H13BrN4O8S. The molecule has 1 aromatic heterocycles. The first-order chi connectivity index (χ1) is 12.6. The molecule has 1 N–H and O–H groups in total. The Hall–Kier alpha value is -2.71. The molecule has 0 fully saturated rings. The Morgan fingerprint density at radius 1 is 1.26 bits per heavy atom. The van der Waals surface area contributed by atoms with Crippen molar-refractivity contribution in [1.29, 1.82) is 0 Å². The van der Waals surface area contributed by atoms with Crippen LogP contribution in [0.3, 0.4) is 0 Å². The van der Waals surface area contributed by atoms with Crippen molar-refractivity contribution in [1.82, 2.24) is 19.8 Å². The van der Waals surface area contributed by atoms with Crippen molar-refractivity contribution in [3.05, 3.63) is 38.7 Å². The van der Waals surface area contributed by atoms with E-state index in [2.05, 4.69) is 30.0 Å². The molecule has 146 valence electrons. The first kappa shape index (κ1) is 20.6. The van der Waals surface area contributed by atoms with Gasteiger partial charge < -0.3 is 9.47 Å². The van der Waals surface area contributed by atoms with Gasteiger partial charge in [-0.2, -0.15) is 13.9 Å². The van der Waals surface area contributed by atoms with Crippen LogP contribution >= 0.6 is 15.9 Å². The zero-order chi connectivity index (χ0) is 20.4. The van der Waals surface area contributed by atoms with E-state index in [1.54, 1.807) is 5.48 Å². The molecule has 0 spiro atoms. The first-order valence-electron chi connectivity index (χ1n) is 6.94. The Morgan fingerprint density at radius 2 is 1.93 bits per heavy atom. The number of hydrogen-bond acceptors (Lipinski definition) is 9. The molecule has 2 rings (SSSR count). The van der Waals surface area contributed by atoms with Crippen LogP contribution in [0.1, 0.15) is 10.4 Å². The van der Waals surface area contributed by atoms with Crippen LogP contribution in [-0.4, -0.2) is 49.0 Å². The number of nitrogens with zero attached hydrogens (tertiary/aromatic N) is 3. The minimum atomic E-state index is -4.64. The molecule has 1 heterocycles. The van der Waals surface area contributed by atoms with E-state index in [0.29, 0.717) is 9.15 Å². The van der Waals surface area contributed by atoms with Crippen molar-refractivity contribution in [3.8, 4) is 6.01 Å². The number of benzene rings is 1. The molecule has 0 bridgehead atoms. The molecule has 0 aliphatic rings. The highest BCUT2D eigenvalue weighted by Gasteiger charge is 2.27. The van der Waals surface area contributed by atoms with Crippen LogP contribution < -0.4 is 15.9 Å². The van der Waals surface area contributed by atoms with E-state index >= 15 is 0 Å². The van der Waals surface area contributed by atoms with Crippen LogP contribution in [0.5, 0.6) is 6.01 Å². The minimum absolute atomic E-state index is 0.182. The molecule has 1 aromatic carbocycles. The van der Waals surface area contributed by atoms with Gasteiger partial charge in [-0.05, 0) is 18.2 Å². The van der Waals surface area contributed by atoms with E-state index in [4.69, 9.17) is 4.74 Å². The average molecular weight is 465 g/mol. The van der Waals surface area contributed by atoms with Crippen LogP contribution in [0.25, 0.3) is 0 Å². The third-order valence-electron chi connectivity index (χ3n) is 3.17. The molecule has 1 amide bonds. The predicted octanol–water partition coefficient (Wildman–Crippen LogP) is 0.0177. The second kappa shape index (κ2) is 7.89. The Morgan fingerprint density at radius 3 is 2.48 bits per heavy atom. The number of nitrogens with one attached hydrogen (secondary N) is 1. The van der Waals surface area contributed by atoms with Crippen molar-refractivity contribution in [3.63, 3.8) is 0 Å². The third-order valence-corrected chi connectivity index (χ3v) is 4.84. The SMILES string of the molecule is COC(=O)c1ccc(Br)cc1S(=O)(=O)ONC(=O)n1nc(OC)n(C)c1=O. The summed E-state index contributed by atoms with van der Waals surface area (Å²) in [4.78, 5) is 35.1. The second-order valence-electron chi connectivity index (χ2n) is 4.82. The smallest absolute Gasteiger partial charge is 0.371 e. The van der Waals surface area contributed by atoms with Crippen molar-refractivity contribution in [2.75, 3.05) is 14.2 Å². The van der Waals surface area contributed by atoms with Gasteiger partial charge in [-0.15, -0.1) is 14.1 Å². The van der Waals surface area contributed by atoms with Crippen molar-refractivity contribution < 1.29 is 31.8 Å². The number of aromatic nitrogens is 3. The topological polar surface area (TPSA) is 148 Å². The molecule has 0 radical (unpaired) electrons. The summed E-state index contributed by atoms with van der Waals surface area (Å²) in [5, 5.41) is 3.55. The summed E-state index contributed by atoms with van der Waals surface area (Å²) < 4.78 is 40.0. The molecule has 0 unspecified atom stereocenters. The Balaban J connectivity index is 2.30. The van der Waals surface area contributed by atoms with E-state index in [-0.39, 0.29) is 11.6 Å². The zero-order valence-corrected chi connectivity index (χ0v) is 16.5. The van der Waals surface area contributed by atoms with Gasteiger partial charge in [0, 0.05) is 11.5 Å². The molecule has 12 nitrogen and oxygen atoms in total. The summed E-state index contributed by atoms with van der Waals surface area (Å²) in [6.07, 6.45) is 0. The normalized spacial score (nSPS) is 11.1. The Kier molecular flexibility index (Phi) is 6.02. The lowest BCUT2D eigenvalue weighted by Crippen LogP contribution is -2.38. The van der Waals surface area contributed by atoms with Crippen molar-refractivity contribution >= 4 is 38.0 Å². The summed E-state index contributed by atoms with van der Waals surface area (Å²) >= 11 is 3.07. The lowest BCUT2D eigenvalue weighted by Gasteiger charge is -2.09. The van der Waals surface area contributed by atoms with Gasteiger partial charge in [0.15, 0.2) is 0 Å². The quantitative estimate of drug-likeness (QED) is 0.477. The maximum Gasteiger partial charge on any atom is 0.371 e. The second-order valence-corrected chi connectivity index (χ2v) is 7.25. The summed E-state index contributed by atoms with van der Waals surface area (Å²) in [6.45, 7) is 0. The average Bonchev–Trinajstić information content (AvgIpc) is 2.93. The number of methoxy groups -OCH3 is 2. The van der Waals surface area contributed by atoms with Crippen LogP contribution in [-0.2, 0) is 26.2 Å². The number of ether oxygens (including phenoxy) is 2. The molecular weight excluding hydrogens is 452 g/mol. The number of esters is 1. The lowest BCUT2D eigenvalue weighted by atomic mass is 10.2. The van der Waals surface area contributed by atoms with Crippen LogP contribution in [0, 0.1) is 0 Å². The molecule has 0 aliphatic heterocycles.